The van der Waals surface area contributed by atoms with Gasteiger partial charge in [0.05, 0.1) is 10.7 Å². The molecule has 2 nitrogen and oxygen atoms in total. The van der Waals surface area contributed by atoms with Gasteiger partial charge in [-0.05, 0) is 18.1 Å². The highest BCUT2D eigenvalue weighted by atomic mass is 35.5. The average molecular weight is 297 g/mol. The maximum absolute atomic E-state index is 13.8. The molecular formula is C11H9Cl3FNO. The summed E-state index contributed by atoms with van der Waals surface area (Å²) in [7, 11) is 0. The van der Waals surface area contributed by atoms with Gasteiger partial charge in [-0.2, -0.15) is 0 Å². The van der Waals surface area contributed by atoms with Crippen LogP contribution in [-0.4, -0.2) is 18.3 Å². The zero-order valence-corrected chi connectivity index (χ0v) is 11.0. The van der Waals surface area contributed by atoms with Crippen molar-refractivity contribution in [3.63, 3.8) is 0 Å². The highest BCUT2D eigenvalue weighted by Crippen LogP contribution is 2.33. The lowest BCUT2D eigenvalue weighted by atomic mass is 10.1. The van der Waals surface area contributed by atoms with Crippen LogP contribution in [0.25, 0.3) is 0 Å². The van der Waals surface area contributed by atoms with Crippen LogP contribution in [0, 0.1) is 11.7 Å². The molecule has 1 aliphatic rings. The van der Waals surface area contributed by atoms with Crippen molar-refractivity contribution in [1.29, 1.82) is 0 Å². The predicted octanol–water partition coefficient (Wildman–Crippen LogP) is 3.72. The molecule has 0 spiro atoms. The molecule has 6 heteroatoms. The van der Waals surface area contributed by atoms with Gasteiger partial charge < -0.3 is 4.90 Å². The standard InChI is InChI=1S/C11H9Cl3FNO/c12-4-6-1-10(17)16(5-6)9-3-7(13)2-8(14)11(9)15/h2-3,6H,1,4-5H2. The van der Waals surface area contributed by atoms with Gasteiger partial charge in [0.1, 0.15) is 0 Å². The number of alkyl halides is 1. The number of carbonyl (C=O) groups is 1. The minimum Gasteiger partial charge on any atom is -0.309 e. The fourth-order valence-corrected chi connectivity index (χ4v) is 2.55. The van der Waals surface area contributed by atoms with E-state index in [4.69, 9.17) is 34.8 Å². The normalized spacial score (nSPS) is 20.1. The Hall–Kier alpha value is -0.510. The van der Waals surface area contributed by atoms with E-state index in [-0.39, 0.29) is 22.5 Å². The molecular weight excluding hydrogens is 287 g/mol. The molecule has 1 unspecified atom stereocenters. The summed E-state index contributed by atoms with van der Waals surface area (Å²) in [5.74, 6) is -0.369. The Labute approximate surface area is 113 Å². The topological polar surface area (TPSA) is 20.3 Å². The number of rotatable bonds is 2. The monoisotopic (exact) mass is 295 g/mol. The Morgan fingerprint density at radius 3 is 2.71 bits per heavy atom. The summed E-state index contributed by atoms with van der Waals surface area (Å²) in [5.41, 5.74) is 0.125. The summed E-state index contributed by atoms with van der Waals surface area (Å²) >= 11 is 17.2. The Balaban J connectivity index is 2.38. The van der Waals surface area contributed by atoms with Crippen LogP contribution in [0.1, 0.15) is 6.42 Å². The van der Waals surface area contributed by atoms with Crippen molar-refractivity contribution in [2.24, 2.45) is 5.92 Å². The summed E-state index contributed by atoms with van der Waals surface area (Å²) in [6, 6.07) is 2.71. The molecule has 1 aromatic rings. The molecule has 1 saturated heterocycles. The van der Waals surface area contributed by atoms with Gasteiger partial charge in [0.2, 0.25) is 5.91 Å². The molecule has 0 aliphatic carbocycles. The number of carbonyl (C=O) groups excluding carboxylic acids is 1. The van der Waals surface area contributed by atoms with Gasteiger partial charge >= 0.3 is 0 Å². The minimum atomic E-state index is -0.625. The van der Waals surface area contributed by atoms with Crippen LogP contribution in [0.4, 0.5) is 10.1 Å². The van der Waals surface area contributed by atoms with Crippen LogP contribution in [0.5, 0.6) is 0 Å². The zero-order chi connectivity index (χ0) is 12.6. The van der Waals surface area contributed by atoms with E-state index < -0.39 is 5.82 Å². The van der Waals surface area contributed by atoms with Crippen molar-refractivity contribution in [1.82, 2.24) is 0 Å². The lowest BCUT2D eigenvalue weighted by molar-refractivity contribution is -0.117. The van der Waals surface area contributed by atoms with E-state index in [0.717, 1.165) is 0 Å². The van der Waals surface area contributed by atoms with E-state index in [2.05, 4.69) is 0 Å². The van der Waals surface area contributed by atoms with Crippen molar-refractivity contribution in [2.45, 2.75) is 6.42 Å². The second-order valence-corrected chi connectivity index (χ2v) is 5.10. The van der Waals surface area contributed by atoms with E-state index in [9.17, 15) is 9.18 Å². The van der Waals surface area contributed by atoms with Crippen LogP contribution >= 0.6 is 34.8 Å². The van der Waals surface area contributed by atoms with Crippen LogP contribution in [-0.2, 0) is 4.79 Å². The molecule has 17 heavy (non-hydrogen) atoms. The van der Waals surface area contributed by atoms with Crippen LogP contribution in [0.15, 0.2) is 12.1 Å². The first-order chi connectivity index (χ1) is 8.02. The number of hydrogen-bond acceptors (Lipinski definition) is 1. The second-order valence-electron chi connectivity index (χ2n) is 3.95. The van der Waals surface area contributed by atoms with Crippen molar-refractivity contribution >= 4 is 46.4 Å². The Bertz CT molecular complexity index is 466. The molecule has 1 amide bonds. The quantitative estimate of drug-likeness (QED) is 0.601. The molecule has 1 aromatic carbocycles. The molecule has 0 bridgehead atoms. The fraction of sp³-hybridized carbons (Fsp3) is 0.364. The molecule has 1 fully saturated rings. The van der Waals surface area contributed by atoms with Gasteiger partial charge in [-0.25, -0.2) is 4.39 Å². The third-order valence-electron chi connectivity index (χ3n) is 2.69. The first kappa shape index (κ1) is 12.9. The molecule has 0 saturated carbocycles. The van der Waals surface area contributed by atoms with E-state index in [1.54, 1.807) is 0 Å². The summed E-state index contributed by atoms with van der Waals surface area (Å²) in [5, 5.41) is 0.211. The molecule has 2 rings (SSSR count). The maximum atomic E-state index is 13.8. The van der Waals surface area contributed by atoms with Crippen molar-refractivity contribution in [2.75, 3.05) is 17.3 Å². The largest absolute Gasteiger partial charge is 0.309 e. The molecule has 92 valence electrons. The molecule has 1 aliphatic heterocycles. The Morgan fingerprint density at radius 2 is 2.12 bits per heavy atom. The van der Waals surface area contributed by atoms with Gasteiger partial charge in [-0.15, -0.1) is 11.6 Å². The second kappa shape index (κ2) is 5.01. The molecule has 1 heterocycles. The number of amides is 1. The summed E-state index contributed by atoms with van der Waals surface area (Å²) in [4.78, 5) is 13.1. The van der Waals surface area contributed by atoms with E-state index >= 15 is 0 Å². The van der Waals surface area contributed by atoms with Crippen molar-refractivity contribution in [3.8, 4) is 0 Å². The lowest BCUT2D eigenvalue weighted by Crippen LogP contribution is -2.25. The predicted molar refractivity (Wildman–Crippen MR) is 67.6 cm³/mol. The van der Waals surface area contributed by atoms with Gasteiger partial charge in [0.15, 0.2) is 5.82 Å². The highest BCUT2D eigenvalue weighted by Gasteiger charge is 2.32. The summed E-state index contributed by atoms with van der Waals surface area (Å²) in [6.07, 6.45) is 0.326. The summed E-state index contributed by atoms with van der Waals surface area (Å²) in [6.45, 7) is 0.399. The number of nitrogens with zero attached hydrogens (tertiary/aromatic N) is 1. The van der Waals surface area contributed by atoms with Crippen LogP contribution in [0.2, 0.25) is 10.0 Å². The van der Waals surface area contributed by atoms with Crippen molar-refractivity contribution in [3.05, 3.63) is 28.0 Å². The Morgan fingerprint density at radius 1 is 1.41 bits per heavy atom. The molecule has 0 aromatic heterocycles. The average Bonchev–Trinajstić information content (AvgIpc) is 2.65. The Kier molecular flexibility index (Phi) is 3.81. The molecule has 0 N–H and O–H groups in total. The third kappa shape index (κ3) is 2.51. The van der Waals surface area contributed by atoms with E-state index in [1.807, 2.05) is 0 Å². The van der Waals surface area contributed by atoms with Gasteiger partial charge in [0, 0.05) is 23.9 Å². The van der Waals surface area contributed by atoms with E-state index in [1.165, 1.54) is 17.0 Å². The minimum absolute atomic E-state index is 0.0429. The SMILES string of the molecule is O=C1CC(CCl)CN1c1cc(Cl)cc(Cl)c1F. The first-order valence-electron chi connectivity index (χ1n) is 5.03. The zero-order valence-electron chi connectivity index (χ0n) is 8.72. The maximum Gasteiger partial charge on any atom is 0.227 e. The lowest BCUT2D eigenvalue weighted by Gasteiger charge is -2.18. The number of halogens is 4. The number of hydrogen-bond donors (Lipinski definition) is 0. The van der Waals surface area contributed by atoms with Gasteiger partial charge in [-0.1, -0.05) is 23.2 Å². The first-order valence-corrected chi connectivity index (χ1v) is 6.33. The molecule has 0 radical (unpaired) electrons. The van der Waals surface area contributed by atoms with Gasteiger partial charge in [0.25, 0.3) is 0 Å². The smallest absolute Gasteiger partial charge is 0.227 e. The van der Waals surface area contributed by atoms with Crippen LogP contribution < -0.4 is 4.90 Å². The summed E-state index contributed by atoms with van der Waals surface area (Å²) < 4.78 is 13.8. The highest BCUT2D eigenvalue weighted by molar-refractivity contribution is 6.35. The third-order valence-corrected chi connectivity index (χ3v) is 3.62. The van der Waals surface area contributed by atoms with Crippen molar-refractivity contribution < 1.29 is 9.18 Å². The van der Waals surface area contributed by atoms with Gasteiger partial charge in [-0.3, -0.25) is 4.79 Å². The number of anilines is 1. The van der Waals surface area contributed by atoms with E-state index in [0.29, 0.717) is 23.9 Å². The fourth-order valence-electron chi connectivity index (χ4n) is 1.86. The van der Waals surface area contributed by atoms with Crippen LogP contribution in [0.3, 0.4) is 0 Å². The number of benzene rings is 1. The molecule has 1 atom stereocenters.